The van der Waals surface area contributed by atoms with Crippen LogP contribution in [0.5, 0.6) is 0 Å². The third-order valence-corrected chi connectivity index (χ3v) is 2.54. The maximum absolute atomic E-state index is 11.5. The lowest BCUT2D eigenvalue weighted by atomic mass is 10.1. The Balaban J connectivity index is 3.92. The van der Waals surface area contributed by atoms with E-state index in [0.717, 1.165) is 0 Å². The number of carbonyl (C=O) groups is 3. The summed E-state index contributed by atoms with van der Waals surface area (Å²) in [5.74, 6) is -2.18. The second-order valence-corrected chi connectivity index (χ2v) is 4.23. The first-order chi connectivity index (χ1) is 9.47. The van der Waals surface area contributed by atoms with Crippen molar-refractivity contribution in [3.63, 3.8) is 0 Å². The average Bonchev–Trinajstić information content (AvgIpc) is 2.38. The summed E-state index contributed by atoms with van der Waals surface area (Å²) >= 11 is 0. The SMILES string of the molecule is [N-]=[N+]=NCCCCCC(=O)NC(CCC(N)=O)C(=O)O. The Morgan fingerprint density at radius 3 is 2.50 bits per heavy atom. The van der Waals surface area contributed by atoms with Crippen molar-refractivity contribution in [3.05, 3.63) is 10.4 Å². The van der Waals surface area contributed by atoms with E-state index in [2.05, 4.69) is 15.3 Å². The molecule has 9 nitrogen and oxygen atoms in total. The number of nitrogens with two attached hydrogens (primary N) is 1. The zero-order valence-corrected chi connectivity index (χ0v) is 11.1. The minimum Gasteiger partial charge on any atom is -0.480 e. The zero-order valence-electron chi connectivity index (χ0n) is 11.1. The summed E-state index contributed by atoms with van der Waals surface area (Å²) in [5, 5.41) is 14.6. The molecule has 0 aliphatic carbocycles. The predicted molar refractivity (Wildman–Crippen MR) is 70.5 cm³/mol. The van der Waals surface area contributed by atoms with Crippen LogP contribution in [-0.2, 0) is 14.4 Å². The van der Waals surface area contributed by atoms with Gasteiger partial charge in [0.05, 0.1) is 0 Å². The van der Waals surface area contributed by atoms with Gasteiger partial charge in [0.25, 0.3) is 0 Å². The van der Waals surface area contributed by atoms with Crippen molar-refractivity contribution in [1.82, 2.24) is 5.32 Å². The smallest absolute Gasteiger partial charge is 0.326 e. The van der Waals surface area contributed by atoms with E-state index in [4.69, 9.17) is 16.4 Å². The Hall–Kier alpha value is -2.28. The van der Waals surface area contributed by atoms with E-state index >= 15 is 0 Å². The summed E-state index contributed by atoms with van der Waals surface area (Å²) in [6.45, 7) is 0.383. The topological polar surface area (TPSA) is 158 Å². The molecule has 4 N–H and O–H groups in total. The fourth-order valence-electron chi connectivity index (χ4n) is 1.50. The van der Waals surface area contributed by atoms with Gasteiger partial charge in [-0.15, -0.1) is 0 Å². The third-order valence-electron chi connectivity index (χ3n) is 2.54. The van der Waals surface area contributed by atoms with E-state index in [1.54, 1.807) is 0 Å². The van der Waals surface area contributed by atoms with E-state index in [1.165, 1.54) is 0 Å². The van der Waals surface area contributed by atoms with Crippen molar-refractivity contribution < 1.29 is 19.5 Å². The number of carbonyl (C=O) groups excluding carboxylic acids is 2. The Labute approximate surface area is 116 Å². The highest BCUT2D eigenvalue weighted by Gasteiger charge is 2.19. The van der Waals surface area contributed by atoms with Crippen LogP contribution in [0.2, 0.25) is 0 Å². The average molecular weight is 285 g/mol. The summed E-state index contributed by atoms with van der Waals surface area (Å²) in [4.78, 5) is 35.6. The van der Waals surface area contributed by atoms with E-state index in [9.17, 15) is 14.4 Å². The molecule has 1 unspecified atom stereocenters. The molecule has 2 amide bonds. The molecule has 0 aliphatic heterocycles. The summed E-state index contributed by atoms with van der Waals surface area (Å²) in [7, 11) is 0. The van der Waals surface area contributed by atoms with E-state index < -0.39 is 17.9 Å². The van der Waals surface area contributed by atoms with Gasteiger partial charge in [0.15, 0.2) is 0 Å². The maximum Gasteiger partial charge on any atom is 0.326 e. The number of azide groups is 1. The van der Waals surface area contributed by atoms with Gasteiger partial charge < -0.3 is 16.2 Å². The van der Waals surface area contributed by atoms with Crippen molar-refractivity contribution in [2.75, 3.05) is 6.54 Å². The fraction of sp³-hybridized carbons (Fsp3) is 0.727. The van der Waals surface area contributed by atoms with Gasteiger partial charge in [0.1, 0.15) is 6.04 Å². The summed E-state index contributed by atoms with van der Waals surface area (Å²) in [6.07, 6.45) is 2.05. The van der Waals surface area contributed by atoms with Gasteiger partial charge in [-0.25, -0.2) is 4.79 Å². The highest BCUT2D eigenvalue weighted by molar-refractivity contribution is 5.84. The van der Waals surface area contributed by atoms with Gasteiger partial charge in [-0.2, -0.15) is 0 Å². The summed E-state index contributed by atoms with van der Waals surface area (Å²) < 4.78 is 0. The molecule has 0 radical (unpaired) electrons. The monoisotopic (exact) mass is 285 g/mol. The van der Waals surface area contributed by atoms with Gasteiger partial charge in [0.2, 0.25) is 11.8 Å². The van der Waals surface area contributed by atoms with Crippen LogP contribution < -0.4 is 11.1 Å². The maximum atomic E-state index is 11.5. The number of carboxylic acid groups (broad SMARTS) is 1. The van der Waals surface area contributed by atoms with Gasteiger partial charge in [0, 0.05) is 24.3 Å². The molecule has 0 aliphatic rings. The zero-order chi connectivity index (χ0) is 15.4. The van der Waals surface area contributed by atoms with E-state index in [0.29, 0.717) is 25.8 Å². The molecule has 0 fully saturated rings. The van der Waals surface area contributed by atoms with Gasteiger partial charge >= 0.3 is 5.97 Å². The number of unbranched alkanes of at least 4 members (excludes halogenated alkanes) is 2. The van der Waals surface area contributed by atoms with Gasteiger partial charge in [-0.05, 0) is 24.8 Å². The van der Waals surface area contributed by atoms with Crippen LogP contribution in [0, 0.1) is 0 Å². The second kappa shape index (κ2) is 10.6. The van der Waals surface area contributed by atoms with Crippen LogP contribution in [0.25, 0.3) is 10.4 Å². The molecule has 0 heterocycles. The molecule has 0 aromatic heterocycles. The lowest BCUT2D eigenvalue weighted by Gasteiger charge is -2.13. The number of hydrogen-bond donors (Lipinski definition) is 3. The molecular weight excluding hydrogens is 266 g/mol. The number of nitrogens with zero attached hydrogens (tertiary/aromatic N) is 3. The van der Waals surface area contributed by atoms with Crippen LogP contribution in [0.1, 0.15) is 38.5 Å². The number of rotatable bonds is 11. The minimum absolute atomic E-state index is 0.0205. The number of primary amides is 1. The first-order valence-electron chi connectivity index (χ1n) is 6.28. The van der Waals surface area contributed by atoms with Crippen molar-refractivity contribution in [1.29, 1.82) is 0 Å². The van der Waals surface area contributed by atoms with Crippen LogP contribution in [0.4, 0.5) is 0 Å². The van der Waals surface area contributed by atoms with Crippen molar-refractivity contribution in [2.24, 2.45) is 10.8 Å². The molecule has 1 atom stereocenters. The first kappa shape index (κ1) is 17.7. The van der Waals surface area contributed by atoms with Gasteiger partial charge in [-0.1, -0.05) is 11.5 Å². The van der Waals surface area contributed by atoms with E-state index in [1.807, 2.05) is 0 Å². The van der Waals surface area contributed by atoms with Crippen molar-refractivity contribution >= 4 is 17.8 Å². The minimum atomic E-state index is -1.19. The summed E-state index contributed by atoms with van der Waals surface area (Å²) in [5.41, 5.74) is 13.0. The van der Waals surface area contributed by atoms with Crippen LogP contribution in [-0.4, -0.2) is 35.5 Å². The molecule has 0 aromatic carbocycles. The first-order valence-corrected chi connectivity index (χ1v) is 6.28. The van der Waals surface area contributed by atoms with Crippen LogP contribution >= 0.6 is 0 Å². The lowest BCUT2D eigenvalue weighted by Crippen LogP contribution is -2.41. The number of amides is 2. The standard InChI is InChI=1S/C11H19N5O4/c12-9(17)6-5-8(11(19)20)15-10(18)4-2-1-3-7-14-16-13/h8H,1-7H2,(H2,12,17)(H,15,18)(H,19,20). The molecule has 20 heavy (non-hydrogen) atoms. The number of aliphatic carboxylic acids is 1. The molecule has 0 spiro atoms. The Kier molecular flexibility index (Phi) is 9.41. The van der Waals surface area contributed by atoms with Gasteiger partial charge in [-0.3, -0.25) is 9.59 Å². The molecule has 0 saturated carbocycles. The third kappa shape index (κ3) is 9.72. The molecule has 9 heteroatoms. The molecular formula is C11H19N5O4. The summed E-state index contributed by atoms with van der Waals surface area (Å²) in [6, 6.07) is -1.10. The number of carboxylic acids is 1. The number of hydrogen-bond acceptors (Lipinski definition) is 4. The second-order valence-electron chi connectivity index (χ2n) is 4.23. The van der Waals surface area contributed by atoms with Crippen molar-refractivity contribution in [2.45, 2.75) is 44.6 Å². The molecule has 0 saturated heterocycles. The molecule has 112 valence electrons. The number of nitrogens with one attached hydrogen (secondary N) is 1. The predicted octanol–water partition coefficient (Wildman–Crippen LogP) is 0.692. The highest BCUT2D eigenvalue weighted by atomic mass is 16.4. The van der Waals surface area contributed by atoms with Crippen LogP contribution in [0.15, 0.2) is 5.11 Å². The fourth-order valence-corrected chi connectivity index (χ4v) is 1.50. The highest BCUT2D eigenvalue weighted by Crippen LogP contribution is 2.03. The van der Waals surface area contributed by atoms with E-state index in [-0.39, 0.29) is 25.2 Å². The Morgan fingerprint density at radius 1 is 1.25 bits per heavy atom. The Morgan fingerprint density at radius 2 is 1.95 bits per heavy atom. The normalized spacial score (nSPS) is 11.2. The molecule has 0 aromatic rings. The van der Waals surface area contributed by atoms with Crippen LogP contribution in [0.3, 0.4) is 0 Å². The lowest BCUT2D eigenvalue weighted by molar-refractivity contribution is -0.142. The Bertz CT molecular complexity index is 392. The quantitative estimate of drug-likeness (QED) is 0.221. The largest absolute Gasteiger partial charge is 0.480 e. The molecule has 0 bridgehead atoms. The molecule has 0 rings (SSSR count). The van der Waals surface area contributed by atoms with Crippen molar-refractivity contribution in [3.8, 4) is 0 Å².